The van der Waals surface area contributed by atoms with Crippen molar-refractivity contribution in [3.63, 3.8) is 0 Å². The first-order chi connectivity index (χ1) is 7.72. The standard InChI is InChI=1S/C13H21ClN2/c1-3-8-15-9-11(2)16-10-12-4-6-13(14)7-5-12/h4-7,11,15-16H,3,8-10H2,1-2H3. The first kappa shape index (κ1) is 13.5. The topological polar surface area (TPSA) is 24.1 Å². The third kappa shape index (κ3) is 5.50. The van der Waals surface area contributed by atoms with E-state index in [1.807, 2.05) is 12.1 Å². The largest absolute Gasteiger partial charge is 0.315 e. The number of halogens is 1. The van der Waals surface area contributed by atoms with Crippen molar-refractivity contribution in [3.05, 3.63) is 34.9 Å². The molecule has 16 heavy (non-hydrogen) atoms. The van der Waals surface area contributed by atoms with Gasteiger partial charge in [-0.1, -0.05) is 30.7 Å². The minimum absolute atomic E-state index is 0.488. The number of rotatable bonds is 7. The fraction of sp³-hybridized carbons (Fsp3) is 0.538. The molecule has 90 valence electrons. The lowest BCUT2D eigenvalue weighted by Crippen LogP contribution is -2.36. The predicted octanol–water partition coefficient (Wildman–Crippen LogP) is 2.82. The molecule has 0 aromatic heterocycles. The zero-order valence-electron chi connectivity index (χ0n) is 10.1. The number of hydrogen-bond acceptors (Lipinski definition) is 2. The lowest BCUT2D eigenvalue weighted by Gasteiger charge is -2.14. The van der Waals surface area contributed by atoms with Crippen LogP contribution in [0.1, 0.15) is 25.8 Å². The lowest BCUT2D eigenvalue weighted by atomic mass is 10.2. The van der Waals surface area contributed by atoms with E-state index in [4.69, 9.17) is 11.6 Å². The van der Waals surface area contributed by atoms with Gasteiger partial charge in [0.1, 0.15) is 0 Å². The number of benzene rings is 1. The molecule has 1 atom stereocenters. The summed E-state index contributed by atoms with van der Waals surface area (Å²) in [6.45, 7) is 7.37. The van der Waals surface area contributed by atoms with Crippen LogP contribution in [-0.4, -0.2) is 19.1 Å². The lowest BCUT2D eigenvalue weighted by molar-refractivity contribution is 0.501. The van der Waals surface area contributed by atoms with Crippen LogP contribution in [-0.2, 0) is 6.54 Å². The maximum Gasteiger partial charge on any atom is 0.0406 e. The summed E-state index contributed by atoms with van der Waals surface area (Å²) in [7, 11) is 0. The SMILES string of the molecule is CCCNCC(C)NCc1ccc(Cl)cc1. The van der Waals surface area contributed by atoms with Crippen molar-refractivity contribution in [2.75, 3.05) is 13.1 Å². The Morgan fingerprint density at radius 2 is 1.94 bits per heavy atom. The third-order valence-corrected chi connectivity index (χ3v) is 2.70. The number of hydrogen-bond donors (Lipinski definition) is 2. The van der Waals surface area contributed by atoms with E-state index in [1.165, 1.54) is 12.0 Å². The van der Waals surface area contributed by atoms with Crippen molar-refractivity contribution >= 4 is 11.6 Å². The van der Waals surface area contributed by atoms with Crippen LogP contribution in [0.25, 0.3) is 0 Å². The molecule has 0 fully saturated rings. The Kier molecular flexibility index (Phi) is 6.46. The van der Waals surface area contributed by atoms with Gasteiger partial charge in [-0.3, -0.25) is 0 Å². The van der Waals surface area contributed by atoms with Crippen LogP contribution in [0.5, 0.6) is 0 Å². The van der Waals surface area contributed by atoms with Crippen LogP contribution in [0.2, 0.25) is 5.02 Å². The highest BCUT2D eigenvalue weighted by atomic mass is 35.5. The third-order valence-electron chi connectivity index (χ3n) is 2.45. The Balaban J connectivity index is 2.20. The second kappa shape index (κ2) is 7.66. The molecular formula is C13H21ClN2. The molecule has 0 amide bonds. The predicted molar refractivity (Wildman–Crippen MR) is 70.9 cm³/mol. The van der Waals surface area contributed by atoms with E-state index in [2.05, 4.69) is 36.6 Å². The highest BCUT2D eigenvalue weighted by Crippen LogP contribution is 2.09. The summed E-state index contributed by atoms with van der Waals surface area (Å²) in [5.41, 5.74) is 1.27. The van der Waals surface area contributed by atoms with Crippen LogP contribution in [0, 0.1) is 0 Å². The second-order valence-electron chi connectivity index (χ2n) is 4.11. The highest BCUT2D eigenvalue weighted by Gasteiger charge is 2.00. The number of nitrogens with one attached hydrogen (secondary N) is 2. The molecule has 3 heteroatoms. The molecular weight excluding hydrogens is 220 g/mol. The van der Waals surface area contributed by atoms with Crippen LogP contribution in [0.4, 0.5) is 0 Å². The molecule has 2 nitrogen and oxygen atoms in total. The van der Waals surface area contributed by atoms with E-state index in [-0.39, 0.29) is 0 Å². The van der Waals surface area contributed by atoms with E-state index < -0.39 is 0 Å². The van der Waals surface area contributed by atoms with E-state index in [1.54, 1.807) is 0 Å². The fourth-order valence-electron chi connectivity index (χ4n) is 1.46. The molecule has 0 aliphatic carbocycles. The summed E-state index contributed by atoms with van der Waals surface area (Å²) in [5, 5.41) is 7.66. The average Bonchev–Trinajstić information content (AvgIpc) is 2.29. The molecule has 0 aliphatic rings. The van der Waals surface area contributed by atoms with Gasteiger partial charge < -0.3 is 10.6 Å². The summed E-state index contributed by atoms with van der Waals surface area (Å²) < 4.78 is 0. The molecule has 1 aromatic carbocycles. The molecule has 0 saturated heterocycles. The van der Waals surface area contributed by atoms with Gasteiger partial charge in [0.2, 0.25) is 0 Å². The van der Waals surface area contributed by atoms with Crippen molar-refractivity contribution in [2.24, 2.45) is 0 Å². The quantitative estimate of drug-likeness (QED) is 0.717. The van der Waals surface area contributed by atoms with Crippen LogP contribution < -0.4 is 10.6 Å². The average molecular weight is 241 g/mol. The summed E-state index contributed by atoms with van der Waals surface area (Å²) in [6, 6.07) is 8.46. The normalized spacial score (nSPS) is 12.7. The summed E-state index contributed by atoms with van der Waals surface area (Å²) in [5.74, 6) is 0. The Bertz CT molecular complexity index is 284. The van der Waals surface area contributed by atoms with Gasteiger partial charge >= 0.3 is 0 Å². The van der Waals surface area contributed by atoms with E-state index >= 15 is 0 Å². The van der Waals surface area contributed by atoms with Gasteiger partial charge in [-0.15, -0.1) is 0 Å². The molecule has 0 saturated carbocycles. The zero-order chi connectivity index (χ0) is 11.8. The Morgan fingerprint density at radius 3 is 2.56 bits per heavy atom. The first-order valence-corrected chi connectivity index (χ1v) is 6.28. The maximum absolute atomic E-state index is 5.83. The Labute approximate surface area is 103 Å². The minimum atomic E-state index is 0.488. The van der Waals surface area contributed by atoms with Gasteiger partial charge in [0.15, 0.2) is 0 Å². The molecule has 0 heterocycles. The van der Waals surface area contributed by atoms with Gasteiger partial charge in [0.05, 0.1) is 0 Å². The van der Waals surface area contributed by atoms with E-state index in [0.717, 1.165) is 24.7 Å². The first-order valence-electron chi connectivity index (χ1n) is 5.91. The molecule has 1 rings (SSSR count). The molecule has 0 aliphatic heterocycles. The van der Waals surface area contributed by atoms with Crippen LogP contribution in [0.15, 0.2) is 24.3 Å². The van der Waals surface area contributed by atoms with Gasteiger partial charge in [-0.2, -0.15) is 0 Å². The van der Waals surface area contributed by atoms with Crippen LogP contribution >= 0.6 is 11.6 Å². The molecule has 0 radical (unpaired) electrons. The van der Waals surface area contributed by atoms with Crippen LogP contribution in [0.3, 0.4) is 0 Å². The van der Waals surface area contributed by atoms with Crippen molar-refractivity contribution in [3.8, 4) is 0 Å². The zero-order valence-corrected chi connectivity index (χ0v) is 10.8. The highest BCUT2D eigenvalue weighted by molar-refractivity contribution is 6.30. The summed E-state index contributed by atoms with van der Waals surface area (Å²) in [4.78, 5) is 0. The maximum atomic E-state index is 5.83. The molecule has 0 bridgehead atoms. The fourth-order valence-corrected chi connectivity index (χ4v) is 1.59. The van der Waals surface area contributed by atoms with Gasteiger partial charge in [0, 0.05) is 24.2 Å². The van der Waals surface area contributed by atoms with Crippen molar-refractivity contribution in [1.29, 1.82) is 0 Å². The molecule has 1 unspecified atom stereocenters. The summed E-state index contributed by atoms with van der Waals surface area (Å²) >= 11 is 5.83. The molecule has 2 N–H and O–H groups in total. The van der Waals surface area contributed by atoms with Gasteiger partial charge in [-0.25, -0.2) is 0 Å². The van der Waals surface area contributed by atoms with Gasteiger partial charge in [0.25, 0.3) is 0 Å². The second-order valence-corrected chi connectivity index (χ2v) is 4.55. The van der Waals surface area contributed by atoms with Crippen molar-refractivity contribution in [2.45, 2.75) is 32.9 Å². The molecule has 0 spiro atoms. The van der Waals surface area contributed by atoms with E-state index in [0.29, 0.717) is 6.04 Å². The Morgan fingerprint density at radius 1 is 1.25 bits per heavy atom. The smallest absolute Gasteiger partial charge is 0.0406 e. The van der Waals surface area contributed by atoms with Gasteiger partial charge in [-0.05, 0) is 37.6 Å². The van der Waals surface area contributed by atoms with Crippen molar-refractivity contribution in [1.82, 2.24) is 10.6 Å². The minimum Gasteiger partial charge on any atom is -0.315 e. The Hall–Kier alpha value is -0.570. The summed E-state index contributed by atoms with van der Waals surface area (Å²) in [6.07, 6.45) is 1.18. The monoisotopic (exact) mass is 240 g/mol. The van der Waals surface area contributed by atoms with E-state index in [9.17, 15) is 0 Å². The molecule has 1 aromatic rings. The van der Waals surface area contributed by atoms with Crippen molar-refractivity contribution < 1.29 is 0 Å².